The van der Waals surface area contributed by atoms with E-state index in [2.05, 4.69) is 74.8 Å². The van der Waals surface area contributed by atoms with Crippen LogP contribution < -0.4 is 0 Å². The van der Waals surface area contributed by atoms with Crippen LogP contribution in [0.5, 0.6) is 0 Å². The molecule has 0 bridgehead atoms. The summed E-state index contributed by atoms with van der Waals surface area (Å²) in [5.74, 6) is 0. The fourth-order valence-corrected chi connectivity index (χ4v) is 8.47. The highest BCUT2D eigenvalue weighted by molar-refractivity contribution is 7.99. The van der Waals surface area contributed by atoms with Gasteiger partial charge >= 0.3 is 0 Å². The van der Waals surface area contributed by atoms with Crippen molar-refractivity contribution in [2.75, 3.05) is 13.2 Å². The molecule has 4 aromatic rings. The highest BCUT2D eigenvalue weighted by Gasteiger charge is 2.49. The van der Waals surface area contributed by atoms with Gasteiger partial charge in [0.1, 0.15) is 29.9 Å². The van der Waals surface area contributed by atoms with Crippen LogP contribution in [0.15, 0.2) is 138 Å². The molecular formula is C40H48O5SSi. The summed E-state index contributed by atoms with van der Waals surface area (Å²) in [5, 5.41) is 0. The van der Waals surface area contributed by atoms with Crippen molar-refractivity contribution in [3.63, 3.8) is 0 Å². The standard InChI is InChI=1S/C40H48O5SSi/c1-31(30-47(2,3)4)25-42-39-38(44-28-34-21-13-7-14-22-34)37(43-27-33-19-11-6-12-20-33)36(29-41-26-32-17-9-5-10-18-32)45-40(39)46-35-23-15-8-16-24-35/h5-24,36-40H,1,25-30H2,2-4H3/t36-,37-,38+,39-,40+/m1/s1. The summed E-state index contributed by atoms with van der Waals surface area (Å²) in [6.07, 6.45) is -1.70. The van der Waals surface area contributed by atoms with Crippen molar-refractivity contribution < 1.29 is 23.7 Å². The Morgan fingerprint density at radius 3 is 1.66 bits per heavy atom. The van der Waals surface area contributed by atoms with Crippen molar-refractivity contribution in [2.45, 2.75) is 80.3 Å². The first-order valence-electron chi connectivity index (χ1n) is 16.4. The van der Waals surface area contributed by atoms with Crippen molar-refractivity contribution in [2.24, 2.45) is 0 Å². The predicted octanol–water partition coefficient (Wildman–Crippen LogP) is 9.17. The SMILES string of the molecule is C=C(CO[C@@H]1[C@@H](OCc2ccccc2)[C@H](OCc2ccccc2)[C@@H](COCc2ccccc2)O[C@H]1Sc1ccccc1)C[Si](C)(C)C. The Morgan fingerprint density at radius 2 is 1.13 bits per heavy atom. The van der Waals surface area contributed by atoms with Gasteiger partial charge in [0, 0.05) is 13.0 Å². The van der Waals surface area contributed by atoms with Crippen LogP contribution in [0.1, 0.15) is 16.7 Å². The Kier molecular flexibility index (Phi) is 13.5. The molecule has 4 aromatic carbocycles. The Balaban J connectivity index is 1.45. The fourth-order valence-electron chi connectivity index (χ4n) is 5.72. The quantitative estimate of drug-likeness (QED) is 0.0826. The molecule has 5 atom stereocenters. The topological polar surface area (TPSA) is 46.2 Å². The number of rotatable bonds is 17. The van der Waals surface area contributed by atoms with Gasteiger partial charge in [-0.3, -0.25) is 0 Å². The molecule has 5 rings (SSSR count). The second-order valence-electron chi connectivity index (χ2n) is 13.3. The number of hydrogen-bond donors (Lipinski definition) is 0. The van der Waals surface area contributed by atoms with Gasteiger partial charge in [0.2, 0.25) is 0 Å². The van der Waals surface area contributed by atoms with Gasteiger partial charge in [0.05, 0.1) is 33.0 Å². The first kappa shape index (κ1) is 35.3. The normalized spacial score (nSPS) is 21.4. The summed E-state index contributed by atoms with van der Waals surface area (Å²) in [4.78, 5) is 1.10. The molecule has 0 N–H and O–H groups in total. The molecule has 1 aliphatic rings. The zero-order valence-corrected chi connectivity index (χ0v) is 29.6. The summed E-state index contributed by atoms with van der Waals surface area (Å²) in [5.41, 5.74) is 4.02. The Labute approximate surface area is 286 Å². The summed E-state index contributed by atoms with van der Waals surface area (Å²) in [6.45, 7) is 13.6. The van der Waals surface area contributed by atoms with E-state index < -0.39 is 32.5 Å². The van der Waals surface area contributed by atoms with Crippen LogP contribution in [0.4, 0.5) is 0 Å². The van der Waals surface area contributed by atoms with E-state index in [1.807, 2.05) is 72.8 Å². The predicted molar refractivity (Wildman–Crippen MR) is 194 cm³/mol. The third kappa shape index (κ3) is 11.6. The molecule has 0 aliphatic carbocycles. The van der Waals surface area contributed by atoms with Crippen LogP contribution >= 0.6 is 11.8 Å². The maximum atomic E-state index is 6.94. The van der Waals surface area contributed by atoms with Crippen LogP contribution in [0.2, 0.25) is 25.7 Å². The minimum atomic E-state index is -1.37. The number of benzene rings is 4. The Hall–Kier alpha value is -3.01. The highest BCUT2D eigenvalue weighted by Crippen LogP contribution is 2.38. The van der Waals surface area contributed by atoms with Crippen LogP contribution in [0, 0.1) is 0 Å². The van der Waals surface area contributed by atoms with Crippen molar-refractivity contribution >= 4 is 19.8 Å². The van der Waals surface area contributed by atoms with Gasteiger partial charge in [0.15, 0.2) is 0 Å². The van der Waals surface area contributed by atoms with E-state index in [-0.39, 0.29) is 5.44 Å². The van der Waals surface area contributed by atoms with Gasteiger partial charge in [-0.1, -0.05) is 153 Å². The van der Waals surface area contributed by atoms with E-state index in [0.29, 0.717) is 33.0 Å². The molecule has 0 unspecified atom stereocenters. The summed E-state index contributed by atoms with van der Waals surface area (Å²) >= 11 is 1.65. The lowest BCUT2D eigenvalue weighted by molar-refractivity contribution is -0.251. The molecular weight excluding hydrogens is 621 g/mol. The van der Waals surface area contributed by atoms with Crippen molar-refractivity contribution in [3.8, 4) is 0 Å². The van der Waals surface area contributed by atoms with E-state index >= 15 is 0 Å². The van der Waals surface area contributed by atoms with Gasteiger partial charge in [-0.2, -0.15) is 0 Å². The minimum absolute atomic E-state index is 0.348. The Bertz CT molecular complexity index is 1470. The summed E-state index contributed by atoms with van der Waals surface area (Å²) in [7, 11) is -1.37. The maximum Gasteiger partial charge on any atom is 0.137 e. The minimum Gasteiger partial charge on any atom is -0.374 e. The molecule has 1 heterocycles. The van der Waals surface area contributed by atoms with E-state index in [1.54, 1.807) is 11.8 Å². The second-order valence-corrected chi connectivity index (χ2v) is 19.9. The first-order valence-corrected chi connectivity index (χ1v) is 21.0. The fraction of sp³-hybridized carbons (Fsp3) is 0.350. The second kappa shape index (κ2) is 17.9. The van der Waals surface area contributed by atoms with E-state index in [9.17, 15) is 0 Å². The number of thioether (sulfide) groups is 1. The van der Waals surface area contributed by atoms with Gasteiger partial charge < -0.3 is 23.7 Å². The Morgan fingerprint density at radius 1 is 0.638 bits per heavy atom. The molecule has 1 fully saturated rings. The molecule has 47 heavy (non-hydrogen) atoms. The summed E-state index contributed by atoms with van der Waals surface area (Å²) in [6, 6.07) is 42.0. The van der Waals surface area contributed by atoms with Gasteiger partial charge in [0.25, 0.3) is 0 Å². The molecule has 0 saturated carbocycles. The van der Waals surface area contributed by atoms with Crippen LogP contribution in [0.25, 0.3) is 0 Å². The van der Waals surface area contributed by atoms with E-state index in [4.69, 9.17) is 23.7 Å². The summed E-state index contributed by atoms with van der Waals surface area (Å²) < 4.78 is 33.7. The molecule has 5 nitrogen and oxygen atoms in total. The van der Waals surface area contributed by atoms with Crippen LogP contribution in [-0.4, -0.2) is 51.1 Å². The largest absolute Gasteiger partial charge is 0.374 e. The van der Waals surface area contributed by atoms with Gasteiger partial charge in [-0.15, -0.1) is 0 Å². The average molecular weight is 669 g/mol. The smallest absolute Gasteiger partial charge is 0.137 e. The van der Waals surface area contributed by atoms with E-state index in [0.717, 1.165) is 33.2 Å². The van der Waals surface area contributed by atoms with Gasteiger partial charge in [-0.25, -0.2) is 0 Å². The monoisotopic (exact) mass is 668 g/mol. The highest BCUT2D eigenvalue weighted by atomic mass is 32.2. The molecule has 1 aliphatic heterocycles. The van der Waals surface area contributed by atoms with Crippen molar-refractivity contribution in [1.29, 1.82) is 0 Å². The number of hydrogen-bond acceptors (Lipinski definition) is 6. The molecule has 7 heteroatoms. The van der Waals surface area contributed by atoms with Crippen LogP contribution in [-0.2, 0) is 43.5 Å². The maximum absolute atomic E-state index is 6.94. The van der Waals surface area contributed by atoms with E-state index in [1.165, 1.54) is 0 Å². The zero-order valence-electron chi connectivity index (χ0n) is 27.8. The van der Waals surface area contributed by atoms with Crippen molar-refractivity contribution in [3.05, 3.63) is 150 Å². The lowest BCUT2D eigenvalue weighted by Gasteiger charge is -2.46. The van der Waals surface area contributed by atoms with Crippen LogP contribution in [0.3, 0.4) is 0 Å². The van der Waals surface area contributed by atoms with Gasteiger partial charge in [-0.05, 0) is 34.9 Å². The third-order valence-corrected chi connectivity index (χ3v) is 10.5. The molecule has 0 amide bonds. The molecule has 0 spiro atoms. The zero-order chi connectivity index (χ0) is 32.9. The lowest BCUT2D eigenvalue weighted by Crippen LogP contribution is -2.60. The first-order chi connectivity index (χ1) is 22.8. The lowest BCUT2D eigenvalue weighted by atomic mass is 9.99. The van der Waals surface area contributed by atoms with Crippen molar-refractivity contribution in [1.82, 2.24) is 0 Å². The molecule has 0 aromatic heterocycles. The number of ether oxygens (including phenoxy) is 5. The molecule has 0 radical (unpaired) electrons. The molecule has 1 saturated heterocycles. The third-order valence-electron chi connectivity index (χ3n) is 7.81. The molecule has 248 valence electrons. The average Bonchev–Trinajstić information content (AvgIpc) is 3.07.